The van der Waals surface area contributed by atoms with Crippen molar-refractivity contribution >= 4 is 0 Å². The number of hydrogen-bond acceptors (Lipinski definition) is 3. The molecule has 0 aromatic heterocycles. The van der Waals surface area contributed by atoms with Crippen molar-refractivity contribution in [3.8, 4) is 5.75 Å². The lowest BCUT2D eigenvalue weighted by atomic mass is 10.1. The van der Waals surface area contributed by atoms with E-state index in [0.29, 0.717) is 6.61 Å². The predicted octanol–water partition coefficient (Wildman–Crippen LogP) is 3.15. The molecule has 0 aliphatic rings. The lowest BCUT2D eigenvalue weighted by Gasteiger charge is -2.16. The van der Waals surface area contributed by atoms with Crippen LogP contribution in [0, 0.1) is 5.92 Å². The van der Waals surface area contributed by atoms with Crippen LogP contribution in [0.2, 0.25) is 0 Å². The van der Waals surface area contributed by atoms with Crippen molar-refractivity contribution < 1.29 is 9.47 Å². The Morgan fingerprint density at radius 1 is 1.22 bits per heavy atom. The summed E-state index contributed by atoms with van der Waals surface area (Å²) in [5, 5.41) is 0. The average Bonchev–Trinajstić information content (AvgIpc) is 2.37. The molecule has 3 nitrogen and oxygen atoms in total. The molecule has 0 aliphatic heterocycles. The van der Waals surface area contributed by atoms with E-state index in [-0.39, 0.29) is 6.04 Å². The molecule has 1 aromatic rings. The number of nitrogens with two attached hydrogens (primary N) is 1. The minimum Gasteiger partial charge on any atom is -0.496 e. The Morgan fingerprint density at radius 2 is 1.94 bits per heavy atom. The fraction of sp³-hybridized carbons (Fsp3) is 0.600. The van der Waals surface area contributed by atoms with Gasteiger partial charge in [-0.1, -0.05) is 32.0 Å². The van der Waals surface area contributed by atoms with Gasteiger partial charge in [0, 0.05) is 12.2 Å². The maximum Gasteiger partial charge on any atom is 0.123 e. The van der Waals surface area contributed by atoms with Crippen molar-refractivity contribution in [1.82, 2.24) is 0 Å². The Balaban J connectivity index is 2.34. The third-order valence-electron chi connectivity index (χ3n) is 2.91. The second-order valence-electron chi connectivity index (χ2n) is 4.96. The number of ether oxygens (including phenoxy) is 2. The van der Waals surface area contributed by atoms with E-state index in [0.717, 1.165) is 30.3 Å². The highest BCUT2D eigenvalue weighted by Gasteiger charge is 2.11. The van der Waals surface area contributed by atoms with Gasteiger partial charge in [0.25, 0.3) is 0 Å². The maximum absolute atomic E-state index is 6.11. The third kappa shape index (κ3) is 5.07. The monoisotopic (exact) mass is 251 g/mol. The van der Waals surface area contributed by atoms with E-state index in [4.69, 9.17) is 15.2 Å². The van der Waals surface area contributed by atoms with Gasteiger partial charge in [0.15, 0.2) is 0 Å². The predicted molar refractivity (Wildman–Crippen MR) is 74.8 cm³/mol. The third-order valence-corrected chi connectivity index (χ3v) is 2.91. The highest BCUT2D eigenvalue weighted by Crippen LogP contribution is 2.23. The van der Waals surface area contributed by atoms with Gasteiger partial charge in [-0.15, -0.1) is 0 Å². The van der Waals surface area contributed by atoms with Crippen molar-refractivity contribution in [3.63, 3.8) is 0 Å². The van der Waals surface area contributed by atoms with Crippen LogP contribution in [0.25, 0.3) is 0 Å². The molecular weight excluding hydrogens is 226 g/mol. The highest BCUT2D eigenvalue weighted by molar-refractivity contribution is 5.35. The van der Waals surface area contributed by atoms with Gasteiger partial charge < -0.3 is 15.2 Å². The summed E-state index contributed by atoms with van der Waals surface area (Å²) in [7, 11) is 1.66. The normalized spacial score (nSPS) is 12.7. The van der Waals surface area contributed by atoms with Crippen LogP contribution in [0.3, 0.4) is 0 Å². The molecule has 0 heterocycles. The largest absolute Gasteiger partial charge is 0.496 e. The van der Waals surface area contributed by atoms with Gasteiger partial charge in [-0.3, -0.25) is 0 Å². The second kappa shape index (κ2) is 8.11. The van der Waals surface area contributed by atoms with Gasteiger partial charge in [0.05, 0.1) is 19.8 Å². The van der Waals surface area contributed by atoms with E-state index in [1.807, 2.05) is 24.3 Å². The molecule has 0 aliphatic carbocycles. The summed E-state index contributed by atoms with van der Waals surface area (Å²) in [5.74, 6) is 1.56. The average molecular weight is 251 g/mol. The van der Waals surface area contributed by atoms with E-state index < -0.39 is 0 Å². The fourth-order valence-electron chi connectivity index (χ4n) is 1.87. The molecular formula is C15H25NO2. The van der Waals surface area contributed by atoms with Crippen LogP contribution < -0.4 is 10.5 Å². The first kappa shape index (κ1) is 15.0. The minimum absolute atomic E-state index is 0.125. The molecule has 1 atom stereocenters. The number of hydrogen-bond donors (Lipinski definition) is 1. The molecule has 0 saturated heterocycles. The van der Waals surface area contributed by atoms with Gasteiger partial charge in [-0.25, -0.2) is 0 Å². The summed E-state index contributed by atoms with van der Waals surface area (Å²) in [5.41, 5.74) is 7.11. The summed E-state index contributed by atoms with van der Waals surface area (Å²) in [6, 6.07) is 7.70. The van der Waals surface area contributed by atoms with Gasteiger partial charge in [-0.2, -0.15) is 0 Å². The van der Waals surface area contributed by atoms with E-state index >= 15 is 0 Å². The Hall–Kier alpha value is -1.06. The Labute approximate surface area is 110 Å². The second-order valence-corrected chi connectivity index (χ2v) is 4.96. The minimum atomic E-state index is -0.125. The number of para-hydroxylation sites is 1. The molecule has 0 spiro atoms. The van der Waals surface area contributed by atoms with Crippen molar-refractivity contribution in [2.24, 2.45) is 11.7 Å². The number of rotatable bonds is 8. The number of benzene rings is 1. The Bertz CT molecular complexity index is 339. The van der Waals surface area contributed by atoms with Crippen LogP contribution in [0.15, 0.2) is 24.3 Å². The Morgan fingerprint density at radius 3 is 2.61 bits per heavy atom. The smallest absolute Gasteiger partial charge is 0.123 e. The molecule has 0 saturated carbocycles. The molecule has 0 radical (unpaired) electrons. The van der Waals surface area contributed by atoms with Crippen LogP contribution >= 0.6 is 0 Å². The summed E-state index contributed by atoms with van der Waals surface area (Å²) < 4.78 is 10.9. The molecule has 1 unspecified atom stereocenters. The first-order valence-electron chi connectivity index (χ1n) is 6.61. The summed E-state index contributed by atoms with van der Waals surface area (Å²) in [6.45, 7) is 5.76. The molecule has 1 rings (SSSR count). The lowest BCUT2D eigenvalue weighted by molar-refractivity contribution is 0.114. The van der Waals surface area contributed by atoms with Gasteiger partial charge in [0.1, 0.15) is 5.75 Å². The van der Waals surface area contributed by atoms with Crippen LogP contribution in [0.4, 0.5) is 0 Å². The van der Waals surface area contributed by atoms with Crippen LogP contribution in [0.5, 0.6) is 5.75 Å². The highest BCUT2D eigenvalue weighted by atomic mass is 16.5. The molecule has 0 amide bonds. The zero-order valence-corrected chi connectivity index (χ0v) is 11.7. The summed E-state index contributed by atoms with van der Waals surface area (Å²) >= 11 is 0. The first-order valence-corrected chi connectivity index (χ1v) is 6.61. The molecule has 3 heteroatoms. The number of methoxy groups -OCH3 is 1. The molecule has 0 bridgehead atoms. The van der Waals surface area contributed by atoms with Gasteiger partial charge in [0.2, 0.25) is 0 Å². The first-order chi connectivity index (χ1) is 8.65. The van der Waals surface area contributed by atoms with Crippen LogP contribution in [0.1, 0.15) is 38.3 Å². The van der Waals surface area contributed by atoms with Crippen LogP contribution in [-0.4, -0.2) is 20.3 Å². The van der Waals surface area contributed by atoms with E-state index in [9.17, 15) is 0 Å². The molecule has 1 aromatic carbocycles. The standard InChI is InChI=1S/C15H25NO2/c1-12(2)7-6-10-18-11-14(16)13-8-4-5-9-15(13)17-3/h4-5,8-9,12,14H,6-7,10-11,16H2,1-3H3. The molecule has 18 heavy (non-hydrogen) atoms. The zero-order valence-electron chi connectivity index (χ0n) is 11.7. The Kier molecular flexibility index (Phi) is 6.76. The van der Waals surface area contributed by atoms with E-state index in [1.54, 1.807) is 7.11 Å². The van der Waals surface area contributed by atoms with Crippen molar-refractivity contribution in [2.75, 3.05) is 20.3 Å². The van der Waals surface area contributed by atoms with Crippen molar-refractivity contribution in [3.05, 3.63) is 29.8 Å². The van der Waals surface area contributed by atoms with E-state index in [2.05, 4.69) is 13.8 Å². The fourth-order valence-corrected chi connectivity index (χ4v) is 1.87. The maximum atomic E-state index is 6.11. The quantitative estimate of drug-likeness (QED) is 0.722. The summed E-state index contributed by atoms with van der Waals surface area (Å²) in [4.78, 5) is 0. The molecule has 2 N–H and O–H groups in total. The molecule has 0 fully saturated rings. The van der Waals surface area contributed by atoms with Gasteiger partial charge >= 0.3 is 0 Å². The summed E-state index contributed by atoms with van der Waals surface area (Å²) in [6.07, 6.45) is 2.29. The van der Waals surface area contributed by atoms with Crippen molar-refractivity contribution in [2.45, 2.75) is 32.7 Å². The van der Waals surface area contributed by atoms with Gasteiger partial charge in [-0.05, 0) is 24.8 Å². The zero-order chi connectivity index (χ0) is 13.4. The van der Waals surface area contributed by atoms with E-state index in [1.165, 1.54) is 6.42 Å². The lowest BCUT2D eigenvalue weighted by Crippen LogP contribution is -2.18. The van der Waals surface area contributed by atoms with Crippen LogP contribution in [-0.2, 0) is 4.74 Å². The topological polar surface area (TPSA) is 44.5 Å². The molecule has 102 valence electrons. The SMILES string of the molecule is COc1ccccc1C(N)COCCCC(C)C. The van der Waals surface area contributed by atoms with Crippen molar-refractivity contribution in [1.29, 1.82) is 0 Å².